The Labute approximate surface area is 364 Å². The van der Waals surface area contributed by atoms with E-state index in [0.717, 1.165) is 112 Å². The Kier molecular flexibility index (Phi) is 11.8. The SMILES string of the molecule is CCN(CC)[C@@H](C(=O)N1CCC[C@H]1c1ncc(C23CCC(c4ccc(-c5cnc([C@@H]6CCCN6C(=O)[C@H](NC(=O)OC)c6ccccc6)[nH]5)cc4)(CC2)CC3)[nH]1)c1ccccc1. The fourth-order valence-electron chi connectivity index (χ4n) is 11.3. The Morgan fingerprint density at radius 1 is 0.726 bits per heavy atom. The second kappa shape index (κ2) is 17.6. The molecule has 0 spiro atoms. The van der Waals surface area contributed by atoms with E-state index < -0.39 is 12.1 Å². The van der Waals surface area contributed by atoms with Crippen molar-refractivity contribution >= 4 is 17.9 Å². The molecule has 12 nitrogen and oxygen atoms in total. The number of rotatable bonds is 13. The minimum Gasteiger partial charge on any atom is -0.453 e. The van der Waals surface area contributed by atoms with Gasteiger partial charge in [-0.1, -0.05) is 98.8 Å². The van der Waals surface area contributed by atoms with Crippen molar-refractivity contribution < 1.29 is 19.1 Å². The van der Waals surface area contributed by atoms with E-state index in [-0.39, 0.29) is 40.8 Å². The van der Waals surface area contributed by atoms with Crippen LogP contribution >= 0.6 is 0 Å². The topological polar surface area (TPSA) is 140 Å². The standard InChI is InChI=1S/C50H60N8O4/c1-4-56(5-2)43(36-16-10-7-11-17-36)47(60)58-31-13-19-40(58)45-52-33-41(54-45)50-27-24-49(25-28-50,26-29-50)37-22-20-34(21-23-37)38-32-51-44(53-38)39-18-12-30-57(39)46(59)42(55-48(61)62-3)35-14-8-6-9-15-35/h6-11,14-17,20-23,32-33,39-40,42-43H,4-5,12-13,18-19,24-31H2,1-3H3,(H,51,53)(H,52,54)(H,55,61)/t39-,40-,42+,43+,49?,50?/m0/s1. The number of carbonyl (C=O) groups is 3. The molecule has 3 amide bonds. The zero-order chi connectivity index (χ0) is 42.8. The van der Waals surface area contributed by atoms with Crippen LogP contribution in [0, 0.1) is 0 Å². The van der Waals surface area contributed by atoms with Gasteiger partial charge in [-0.3, -0.25) is 14.5 Å². The molecule has 2 bridgehead atoms. The van der Waals surface area contributed by atoms with Crippen molar-refractivity contribution in [2.24, 2.45) is 0 Å². The third-order valence-corrected chi connectivity index (χ3v) is 14.9. The number of ether oxygens (including phenoxy) is 1. The van der Waals surface area contributed by atoms with Gasteiger partial charge in [0.05, 0.1) is 31.1 Å². The molecule has 5 fully saturated rings. The summed E-state index contributed by atoms with van der Waals surface area (Å²) in [7, 11) is 1.30. The summed E-state index contributed by atoms with van der Waals surface area (Å²) in [6.07, 6.45) is 13.6. The van der Waals surface area contributed by atoms with Crippen molar-refractivity contribution in [3.8, 4) is 11.3 Å². The number of likely N-dealkylation sites (N-methyl/N-ethyl adjacent to an activating group) is 1. The van der Waals surface area contributed by atoms with Gasteiger partial charge in [0.15, 0.2) is 0 Å². The van der Waals surface area contributed by atoms with Crippen molar-refractivity contribution in [1.29, 1.82) is 0 Å². The predicted molar refractivity (Wildman–Crippen MR) is 238 cm³/mol. The molecule has 0 unspecified atom stereocenters. The number of amides is 3. The molecule has 3 N–H and O–H groups in total. The molecule has 2 aromatic heterocycles. The number of hydrogen-bond donors (Lipinski definition) is 3. The molecule has 2 saturated heterocycles. The number of hydrogen-bond acceptors (Lipinski definition) is 7. The molecule has 4 atom stereocenters. The van der Waals surface area contributed by atoms with Gasteiger partial charge in [0.1, 0.15) is 23.7 Å². The molecule has 10 rings (SSSR count). The van der Waals surface area contributed by atoms with E-state index in [1.807, 2.05) is 59.6 Å². The summed E-state index contributed by atoms with van der Waals surface area (Å²) >= 11 is 0. The highest BCUT2D eigenvalue weighted by atomic mass is 16.5. The van der Waals surface area contributed by atoms with Crippen molar-refractivity contribution in [2.75, 3.05) is 33.3 Å². The number of likely N-dealkylation sites (tertiary alicyclic amines) is 2. The number of nitrogens with one attached hydrogen (secondary N) is 3. The number of aromatic amines is 2. The molecule has 3 aliphatic carbocycles. The number of imidazole rings is 2. The second-order valence-corrected chi connectivity index (χ2v) is 17.9. The Balaban J connectivity index is 0.856. The van der Waals surface area contributed by atoms with E-state index >= 15 is 0 Å². The van der Waals surface area contributed by atoms with Crippen LogP contribution in [0.3, 0.4) is 0 Å². The lowest BCUT2D eigenvalue weighted by atomic mass is 9.51. The molecular weight excluding hydrogens is 777 g/mol. The molecule has 0 radical (unpaired) electrons. The van der Waals surface area contributed by atoms with Crippen LogP contribution in [0.25, 0.3) is 11.3 Å². The zero-order valence-electron chi connectivity index (χ0n) is 36.3. The fraction of sp³-hybridized carbons (Fsp3) is 0.460. The number of nitrogens with zero attached hydrogens (tertiary/aromatic N) is 5. The van der Waals surface area contributed by atoms with Crippen LogP contribution in [0.1, 0.15) is 136 Å². The van der Waals surface area contributed by atoms with Gasteiger partial charge in [-0.05, 0) is 105 Å². The van der Waals surface area contributed by atoms with Crippen LogP contribution in [0.15, 0.2) is 97.3 Å². The number of carbonyl (C=O) groups excluding carboxylic acids is 3. The first-order chi connectivity index (χ1) is 30.3. The summed E-state index contributed by atoms with van der Waals surface area (Å²) in [5.74, 6) is 1.68. The third-order valence-electron chi connectivity index (χ3n) is 14.9. The monoisotopic (exact) mass is 836 g/mol. The first kappa shape index (κ1) is 41.6. The lowest BCUT2D eigenvalue weighted by molar-refractivity contribution is -0.138. The third kappa shape index (κ3) is 7.71. The van der Waals surface area contributed by atoms with Crippen molar-refractivity contribution in [2.45, 2.75) is 113 Å². The van der Waals surface area contributed by atoms with Crippen LogP contribution in [0.5, 0.6) is 0 Å². The maximum atomic E-state index is 14.4. The lowest BCUT2D eigenvalue weighted by Crippen LogP contribution is -2.46. The molecule has 3 aromatic carbocycles. The van der Waals surface area contributed by atoms with E-state index in [0.29, 0.717) is 12.1 Å². The van der Waals surface area contributed by atoms with Gasteiger partial charge in [-0.25, -0.2) is 14.8 Å². The Bertz CT molecular complexity index is 2310. The minimum absolute atomic E-state index is 0.0351. The Morgan fingerprint density at radius 3 is 1.87 bits per heavy atom. The second-order valence-electron chi connectivity index (χ2n) is 17.9. The smallest absolute Gasteiger partial charge is 0.407 e. The largest absolute Gasteiger partial charge is 0.453 e. The summed E-state index contributed by atoms with van der Waals surface area (Å²) in [6, 6.07) is 27.1. The van der Waals surface area contributed by atoms with E-state index in [4.69, 9.17) is 14.7 Å². The van der Waals surface area contributed by atoms with Crippen molar-refractivity contribution in [1.82, 2.24) is 40.0 Å². The Hall–Kier alpha value is -5.75. The average Bonchev–Trinajstić information content (AvgIpc) is 4.18. The van der Waals surface area contributed by atoms with Crippen LogP contribution in [-0.4, -0.2) is 85.8 Å². The molecule has 4 heterocycles. The van der Waals surface area contributed by atoms with E-state index in [1.165, 1.54) is 18.4 Å². The summed E-state index contributed by atoms with van der Waals surface area (Å²) < 4.78 is 4.86. The fourth-order valence-corrected chi connectivity index (χ4v) is 11.3. The minimum atomic E-state index is -0.858. The highest BCUT2D eigenvalue weighted by molar-refractivity contribution is 5.87. The van der Waals surface area contributed by atoms with Gasteiger partial charge < -0.3 is 29.8 Å². The average molecular weight is 837 g/mol. The van der Waals surface area contributed by atoms with Crippen molar-refractivity contribution in [3.63, 3.8) is 0 Å². The quantitative estimate of drug-likeness (QED) is 0.108. The zero-order valence-corrected chi connectivity index (χ0v) is 36.3. The molecule has 3 saturated carbocycles. The predicted octanol–water partition coefficient (Wildman–Crippen LogP) is 8.85. The number of benzene rings is 3. The molecular formula is C50H60N8O4. The summed E-state index contributed by atoms with van der Waals surface area (Å²) in [5.41, 5.74) is 6.63. The maximum absolute atomic E-state index is 14.4. The molecule has 62 heavy (non-hydrogen) atoms. The Morgan fingerprint density at radius 2 is 1.27 bits per heavy atom. The molecule has 12 heteroatoms. The number of aromatic nitrogens is 4. The summed E-state index contributed by atoms with van der Waals surface area (Å²) in [4.78, 5) is 64.0. The maximum Gasteiger partial charge on any atom is 0.407 e. The van der Waals surface area contributed by atoms with E-state index in [9.17, 15) is 14.4 Å². The number of alkyl carbamates (subject to hydrolysis) is 1. The highest BCUT2D eigenvalue weighted by Gasteiger charge is 2.51. The number of fused-ring (bicyclic) bond motifs is 3. The summed E-state index contributed by atoms with van der Waals surface area (Å²) in [5, 5.41) is 2.74. The van der Waals surface area contributed by atoms with Gasteiger partial charge in [0.25, 0.3) is 5.91 Å². The van der Waals surface area contributed by atoms with Crippen LogP contribution < -0.4 is 5.32 Å². The van der Waals surface area contributed by atoms with Gasteiger partial charge in [0.2, 0.25) is 5.91 Å². The van der Waals surface area contributed by atoms with Crippen LogP contribution in [-0.2, 0) is 25.2 Å². The first-order valence-electron chi connectivity index (χ1n) is 22.8. The van der Waals surface area contributed by atoms with E-state index in [1.54, 1.807) is 0 Å². The lowest BCUT2D eigenvalue weighted by Gasteiger charge is -2.53. The molecule has 324 valence electrons. The van der Waals surface area contributed by atoms with E-state index in [2.05, 4.69) is 81.5 Å². The van der Waals surface area contributed by atoms with Crippen molar-refractivity contribution in [3.05, 3.63) is 131 Å². The first-order valence-corrected chi connectivity index (χ1v) is 22.8. The van der Waals surface area contributed by atoms with Gasteiger partial charge in [0, 0.05) is 30.4 Å². The summed E-state index contributed by atoms with van der Waals surface area (Å²) in [6.45, 7) is 7.23. The van der Waals surface area contributed by atoms with Gasteiger partial charge in [-0.2, -0.15) is 0 Å². The molecule has 5 aliphatic rings. The number of methoxy groups -OCH3 is 1. The number of H-pyrrole nitrogens is 2. The van der Waals surface area contributed by atoms with Gasteiger partial charge in [-0.15, -0.1) is 0 Å². The van der Waals surface area contributed by atoms with Crippen LogP contribution in [0.4, 0.5) is 4.79 Å². The molecule has 5 aromatic rings. The molecule has 2 aliphatic heterocycles. The van der Waals surface area contributed by atoms with Gasteiger partial charge >= 0.3 is 6.09 Å². The highest BCUT2D eigenvalue weighted by Crippen LogP contribution is 2.58. The van der Waals surface area contributed by atoms with Crippen LogP contribution in [0.2, 0.25) is 0 Å². The normalized spacial score (nSPS) is 24.3.